The van der Waals surface area contributed by atoms with Gasteiger partial charge >= 0.3 is 6.18 Å². The highest BCUT2D eigenvalue weighted by atomic mass is 35.5. The number of carbonyl (C=O) groups is 2. The summed E-state index contributed by atoms with van der Waals surface area (Å²) in [6, 6.07) is -0.0272. The number of imidazole rings is 1. The highest BCUT2D eigenvalue weighted by Crippen LogP contribution is 2.35. The molecule has 0 spiro atoms. The Morgan fingerprint density at radius 1 is 1.08 bits per heavy atom. The molecule has 4 rings (SSSR count). The van der Waals surface area contributed by atoms with Gasteiger partial charge in [0.25, 0.3) is 11.8 Å². The van der Waals surface area contributed by atoms with Gasteiger partial charge in [-0.1, -0.05) is 23.2 Å². The minimum atomic E-state index is -4.71. The summed E-state index contributed by atoms with van der Waals surface area (Å²) in [5, 5.41) is 4.70. The predicted octanol–water partition coefficient (Wildman–Crippen LogP) is 4.79. The molecule has 0 saturated heterocycles. The van der Waals surface area contributed by atoms with Crippen LogP contribution in [-0.2, 0) is 6.18 Å². The normalized spacial score (nSPS) is 12.3. The average molecular weight is 557 g/mol. The second-order valence-corrected chi connectivity index (χ2v) is 8.93. The van der Waals surface area contributed by atoms with Crippen LogP contribution in [0, 0.1) is 0 Å². The highest BCUT2D eigenvalue weighted by Gasteiger charge is 2.34. The molecule has 1 unspecified atom stereocenters. The zero-order valence-corrected chi connectivity index (χ0v) is 20.2. The Balaban J connectivity index is 1.45. The maximum absolute atomic E-state index is 13.0. The van der Waals surface area contributed by atoms with Crippen molar-refractivity contribution < 1.29 is 22.8 Å². The van der Waals surface area contributed by atoms with E-state index < -0.39 is 34.6 Å². The molecule has 0 saturated carbocycles. The van der Waals surface area contributed by atoms with Crippen molar-refractivity contribution in [2.45, 2.75) is 19.1 Å². The van der Waals surface area contributed by atoms with Crippen molar-refractivity contribution >= 4 is 52.2 Å². The van der Waals surface area contributed by atoms with E-state index in [4.69, 9.17) is 23.2 Å². The SMILES string of the molecule is CC(NC(=O)c1ncnc(-c2ncc[nH]2)c1Cl)c1ncc(C(=O)Nc2cc(C(F)(F)F)c(Cl)cn2)s1. The Morgan fingerprint density at radius 3 is 2.56 bits per heavy atom. The standard InChI is InChI=1S/C20H13Cl2F3N8O2S/c1-8(32-18(35)15-13(22)14(30-7-31-15)16-26-2-3-27-16)19-29-6-11(36-19)17(34)33-12-4-9(20(23,24)25)10(21)5-28-12/h2-8H,1H3,(H,26,27)(H,32,35)(H,28,33,34). The summed E-state index contributed by atoms with van der Waals surface area (Å²) in [5.74, 6) is -1.33. The first-order chi connectivity index (χ1) is 17.0. The van der Waals surface area contributed by atoms with Crippen molar-refractivity contribution in [3.05, 3.63) is 68.4 Å². The number of alkyl halides is 3. The van der Waals surface area contributed by atoms with Gasteiger partial charge in [0.15, 0.2) is 11.5 Å². The third-order valence-corrected chi connectivity index (χ3v) is 6.43. The Hall–Kier alpha value is -3.62. The quantitative estimate of drug-likeness (QED) is 0.310. The van der Waals surface area contributed by atoms with Crippen molar-refractivity contribution in [1.29, 1.82) is 0 Å². The molecule has 36 heavy (non-hydrogen) atoms. The van der Waals surface area contributed by atoms with Crippen molar-refractivity contribution in [2.24, 2.45) is 0 Å². The van der Waals surface area contributed by atoms with Crippen LogP contribution in [-0.4, -0.2) is 41.7 Å². The van der Waals surface area contributed by atoms with E-state index in [0.29, 0.717) is 16.9 Å². The van der Waals surface area contributed by atoms with Gasteiger partial charge < -0.3 is 15.6 Å². The molecule has 186 valence electrons. The smallest absolute Gasteiger partial charge is 0.343 e. The molecule has 10 nitrogen and oxygen atoms in total. The number of anilines is 1. The van der Waals surface area contributed by atoms with E-state index in [1.165, 1.54) is 18.7 Å². The van der Waals surface area contributed by atoms with E-state index >= 15 is 0 Å². The second-order valence-electron chi connectivity index (χ2n) is 7.08. The number of aromatic amines is 1. The predicted molar refractivity (Wildman–Crippen MR) is 125 cm³/mol. The van der Waals surface area contributed by atoms with Crippen LogP contribution in [0.25, 0.3) is 11.5 Å². The molecule has 4 aromatic rings. The highest BCUT2D eigenvalue weighted by molar-refractivity contribution is 7.13. The van der Waals surface area contributed by atoms with E-state index in [1.807, 2.05) is 0 Å². The van der Waals surface area contributed by atoms with Gasteiger partial charge in [-0.25, -0.2) is 24.9 Å². The van der Waals surface area contributed by atoms with Gasteiger partial charge in [-0.3, -0.25) is 9.59 Å². The Bertz CT molecular complexity index is 1430. The van der Waals surface area contributed by atoms with E-state index in [1.54, 1.807) is 13.1 Å². The number of pyridine rings is 1. The van der Waals surface area contributed by atoms with Crippen LogP contribution in [0.4, 0.5) is 19.0 Å². The van der Waals surface area contributed by atoms with E-state index in [-0.39, 0.29) is 27.1 Å². The van der Waals surface area contributed by atoms with Gasteiger partial charge in [0.1, 0.15) is 32.7 Å². The lowest BCUT2D eigenvalue weighted by Gasteiger charge is -2.12. The Kier molecular flexibility index (Phi) is 7.19. The molecule has 0 fully saturated rings. The van der Waals surface area contributed by atoms with Gasteiger partial charge in [0.2, 0.25) is 0 Å². The number of hydrogen-bond acceptors (Lipinski definition) is 8. The van der Waals surface area contributed by atoms with Crippen molar-refractivity contribution in [1.82, 2.24) is 35.2 Å². The average Bonchev–Trinajstić information content (AvgIpc) is 3.52. The third-order valence-electron chi connectivity index (χ3n) is 4.59. The zero-order valence-electron chi connectivity index (χ0n) is 17.9. The monoisotopic (exact) mass is 556 g/mol. The molecule has 3 N–H and O–H groups in total. The number of amides is 2. The largest absolute Gasteiger partial charge is 0.418 e. The third kappa shape index (κ3) is 5.45. The van der Waals surface area contributed by atoms with Gasteiger partial charge in [0.05, 0.1) is 22.8 Å². The Labute approximate surface area is 214 Å². The van der Waals surface area contributed by atoms with Crippen LogP contribution in [0.1, 0.15) is 43.7 Å². The molecule has 16 heteroatoms. The number of H-pyrrole nitrogens is 1. The topological polar surface area (TPSA) is 138 Å². The molecule has 2 amide bonds. The molecule has 0 radical (unpaired) electrons. The minimum Gasteiger partial charge on any atom is -0.343 e. The second kappa shape index (κ2) is 10.2. The minimum absolute atomic E-state index is 0.00922. The summed E-state index contributed by atoms with van der Waals surface area (Å²) in [7, 11) is 0. The molecule has 0 aliphatic rings. The van der Waals surface area contributed by atoms with Crippen LogP contribution in [0.15, 0.2) is 37.2 Å². The maximum atomic E-state index is 13.0. The molecule has 0 aromatic carbocycles. The summed E-state index contributed by atoms with van der Waals surface area (Å²) >= 11 is 12.8. The number of nitrogens with one attached hydrogen (secondary N) is 3. The van der Waals surface area contributed by atoms with Crippen molar-refractivity contribution in [3.8, 4) is 11.5 Å². The lowest BCUT2D eigenvalue weighted by Crippen LogP contribution is -2.28. The number of hydrogen-bond donors (Lipinski definition) is 3. The number of rotatable bonds is 6. The van der Waals surface area contributed by atoms with Crippen LogP contribution in [0.5, 0.6) is 0 Å². The van der Waals surface area contributed by atoms with Crippen LogP contribution in [0.2, 0.25) is 10.0 Å². The number of halogens is 5. The summed E-state index contributed by atoms with van der Waals surface area (Å²) in [5.41, 5.74) is -0.977. The molecule has 0 aliphatic carbocycles. The number of carbonyl (C=O) groups excluding carboxylic acids is 2. The number of nitrogens with zero attached hydrogens (tertiary/aromatic N) is 5. The molecule has 1 atom stereocenters. The summed E-state index contributed by atoms with van der Waals surface area (Å²) in [6.45, 7) is 1.62. The summed E-state index contributed by atoms with van der Waals surface area (Å²) in [6.07, 6.45) is 1.56. The van der Waals surface area contributed by atoms with Gasteiger partial charge in [0, 0.05) is 18.6 Å². The van der Waals surface area contributed by atoms with Gasteiger partial charge in [-0.2, -0.15) is 13.2 Å². The van der Waals surface area contributed by atoms with Gasteiger partial charge in [-0.05, 0) is 13.0 Å². The number of aromatic nitrogens is 6. The molecular weight excluding hydrogens is 544 g/mol. The maximum Gasteiger partial charge on any atom is 0.418 e. The fourth-order valence-electron chi connectivity index (χ4n) is 2.91. The van der Waals surface area contributed by atoms with E-state index in [2.05, 4.69) is 40.5 Å². The number of thiazole rings is 1. The van der Waals surface area contributed by atoms with Crippen molar-refractivity contribution in [3.63, 3.8) is 0 Å². The van der Waals surface area contributed by atoms with Crippen LogP contribution >= 0.6 is 34.5 Å². The van der Waals surface area contributed by atoms with Crippen LogP contribution in [0.3, 0.4) is 0 Å². The van der Waals surface area contributed by atoms with Crippen LogP contribution < -0.4 is 10.6 Å². The fraction of sp³-hybridized carbons (Fsp3) is 0.150. The van der Waals surface area contributed by atoms with Crippen molar-refractivity contribution in [2.75, 3.05) is 5.32 Å². The molecule has 0 aliphatic heterocycles. The first kappa shape index (κ1) is 25.5. The first-order valence-corrected chi connectivity index (χ1v) is 11.4. The van der Waals surface area contributed by atoms with E-state index in [0.717, 1.165) is 17.5 Å². The molecule has 0 bridgehead atoms. The fourth-order valence-corrected chi connectivity index (χ4v) is 4.21. The zero-order chi connectivity index (χ0) is 26.0. The lowest BCUT2D eigenvalue weighted by molar-refractivity contribution is -0.137. The van der Waals surface area contributed by atoms with Gasteiger partial charge in [-0.15, -0.1) is 11.3 Å². The first-order valence-electron chi connectivity index (χ1n) is 9.85. The molecule has 4 heterocycles. The van der Waals surface area contributed by atoms with E-state index in [9.17, 15) is 22.8 Å². The summed E-state index contributed by atoms with van der Waals surface area (Å²) < 4.78 is 39.1. The molecular formula is C20H13Cl2F3N8O2S. The molecule has 4 aromatic heterocycles. The lowest BCUT2D eigenvalue weighted by atomic mass is 10.2. The Morgan fingerprint density at radius 2 is 1.86 bits per heavy atom. The summed E-state index contributed by atoms with van der Waals surface area (Å²) in [4.78, 5) is 48.0.